The normalized spacial score (nSPS) is 10.6. The number of hydrogen-bond acceptors (Lipinski definition) is 7. The molecule has 0 aliphatic heterocycles. The quantitative estimate of drug-likeness (QED) is 0.582. The number of ether oxygens (including phenoxy) is 1. The molecule has 0 radical (unpaired) electrons. The van der Waals surface area contributed by atoms with E-state index in [0.717, 1.165) is 0 Å². The molecule has 0 bridgehead atoms. The molecule has 2 heterocycles. The minimum atomic E-state index is -0.459. The summed E-state index contributed by atoms with van der Waals surface area (Å²) in [6, 6.07) is 10.8. The maximum absolute atomic E-state index is 11.9. The van der Waals surface area contributed by atoms with Crippen LogP contribution in [0.15, 0.2) is 53.4 Å². The monoisotopic (exact) mass is 353 g/mol. The van der Waals surface area contributed by atoms with Crippen LogP contribution in [-0.4, -0.2) is 15.9 Å². The summed E-state index contributed by atoms with van der Waals surface area (Å²) in [6.45, 7) is 4.24. The van der Waals surface area contributed by atoms with Crippen molar-refractivity contribution >= 4 is 17.4 Å². The Morgan fingerprint density at radius 3 is 2.62 bits per heavy atom. The number of nitrogens with zero attached hydrogens (tertiary/aromatic N) is 2. The van der Waals surface area contributed by atoms with Gasteiger partial charge < -0.3 is 14.9 Å². The van der Waals surface area contributed by atoms with Crippen molar-refractivity contribution in [3.8, 4) is 11.6 Å². The standard InChI is InChI=1S/C18H19N5O3/c1-11(2)12-5-7-13(8-6-12)26-18-15(19)16(20-10-21-18)22-23-17(24)14-4-3-9-25-14/h3-11H,19H2,1-2H3,(H,23,24)(H,20,21,22). The lowest BCUT2D eigenvalue weighted by Crippen LogP contribution is -2.30. The topological polar surface area (TPSA) is 115 Å². The van der Waals surface area contributed by atoms with E-state index in [0.29, 0.717) is 11.7 Å². The number of nitrogens with one attached hydrogen (secondary N) is 2. The molecular formula is C18H19N5O3. The molecule has 0 spiro atoms. The van der Waals surface area contributed by atoms with Crippen molar-refractivity contribution in [2.45, 2.75) is 19.8 Å². The fraction of sp³-hybridized carbons (Fsp3) is 0.167. The fourth-order valence-electron chi connectivity index (χ4n) is 2.18. The molecule has 0 saturated carbocycles. The molecule has 8 nitrogen and oxygen atoms in total. The van der Waals surface area contributed by atoms with E-state index in [1.807, 2.05) is 24.3 Å². The molecule has 1 amide bonds. The molecule has 2 aromatic heterocycles. The number of carbonyl (C=O) groups excluding carboxylic acids is 1. The van der Waals surface area contributed by atoms with Crippen LogP contribution in [0.4, 0.5) is 11.5 Å². The third kappa shape index (κ3) is 3.92. The molecule has 4 N–H and O–H groups in total. The summed E-state index contributed by atoms with van der Waals surface area (Å²) in [5, 5.41) is 0. The van der Waals surface area contributed by atoms with Crippen LogP contribution < -0.4 is 21.3 Å². The summed E-state index contributed by atoms with van der Waals surface area (Å²) in [5.74, 6) is 1.14. The van der Waals surface area contributed by atoms with E-state index in [2.05, 4.69) is 34.7 Å². The van der Waals surface area contributed by atoms with Gasteiger partial charge in [-0.15, -0.1) is 0 Å². The lowest BCUT2D eigenvalue weighted by molar-refractivity contribution is 0.0935. The number of nitrogens with two attached hydrogens (primary N) is 1. The second-order valence-corrected chi connectivity index (χ2v) is 5.82. The first-order valence-corrected chi connectivity index (χ1v) is 8.02. The zero-order chi connectivity index (χ0) is 18.5. The molecule has 8 heteroatoms. The van der Waals surface area contributed by atoms with E-state index in [1.54, 1.807) is 6.07 Å². The zero-order valence-corrected chi connectivity index (χ0v) is 14.4. The zero-order valence-electron chi connectivity index (χ0n) is 14.4. The Kier molecular flexibility index (Phi) is 5.02. The average Bonchev–Trinajstić information content (AvgIpc) is 3.17. The molecule has 0 aliphatic carbocycles. The number of carbonyl (C=O) groups is 1. The van der Waals surface area contributed by atoms with Gasteiger partial charge in [0.1, 0.15) is 17.8 Å². The van der Waals surface area contributed by atoms with Gasteiger partial charge in [0.05, 0.1) is 6.26 Å². The largest absolute Gasteiger partial charge is 0.459 e. The molecule has 0 aliphatic rings. The van der Waals surface area contributed by atoms with Crippen LogP contribution in [0.3, 0.4) is 0 Å². The van der Waals surface area contributed by atoms with Gasteiger partial charge in [0.25, 0.3) is 0 Å². The average molecular weight is 353 g/mol. The Morgan fingerprint density at radius 2 is 1.96 bits per heavy atom. The van der Waals surface area contributed by atoms with Crippen molar-refractivity contribution in [2.24, 2.45) is 0 Å². The molecular weight excluding hydrogens is 334 g/mol. The van der Waals surface area contributed by atoms with Gasteiger partial charge in [-0.3, -0.25) is 15.6 Å². The summed E-state index contributed by atoms with van der Waals surface area (Å²) in [7, 11) is 0. The van der Waals surface area contributed by atoms with Crippen molar-refractivity contribution in [1.82, 2.24) is 15.4 Å². The first-order valence-electron chi connectivity index (χ1n) is 8.02. The van der Waals surface area contributed by atoms with E-state index in [4.69, 9.17) is 14.9 Å². The molecule has 26 heavy (non-hydrogen) atoms. The maximum Gasteiger partial charge on any atom is 0.305 e. The van der Waals surface area contributed by atoms with E-state index >= 15 is 0 Å². The van der Waals surface area contributed by atoms with Crippen LogP contribution in [0, 0.1) is 0 Å². The Morgan fingerprint density at radius 1 is 1.19 bits per heavy atom. The minimum Gasteiger partial charge on any atom is -0.459 e. The van der Waals surface area contributed by atoms with Gasteiger partial charge in [0.15, 0.2) is 11.6 Å². The van der Waals surface area contributed by atoms with Crippen LogP contribution in [0.2, 0.25) is 0 Å². The number of hydrazine groups is 1. The third-order valence-electron chi connectivity index (χ3n) is 3.65. The van der Waals surface area contributed by atoms with Gasteiger partial charge in [-0.25, -0.2) is 4.98 Å². The molecule has 134 valence electrons. The van der Waals surface area contributed by atoms with Gasteiger partial charge in [-0.2, -0.15) is 4.98 Å². The fourth-order valence-corrected chi connectivity index (χ4v) is 2.18. The van der Waals surface area contributed by atoms with E-state index < -0.39 is 5.91 Å². The lowest BCUT2D eigenvalue weighted by atomic mass is 10.0. The Balaban J connectivity index is 1.69. The van der Waals surface area contributed by atoms with Gasteiger partial charge in [-0.05, 0) is 35.7 Å². The Labute approximate surface area is 150 Å². The number of aromatic nitrogens is 2. The van der Waals surface area contributed by atoms with E-state index in [-0.39, 0.29) is 23.1 Å². The van der Waals surface area contributed by atoms with Crippen molar-refractivity contribution in [2.75, 3.05) is 11.2 Å². The molecule has 0 atom stereocenters. The molecule has 0 fully saturated rings. The molecule has 3 rings (SSSR count). The second-order valence-electron chi connectivity index (χ2n) is 5.82. The van der Waals surface area contributed by atoms with Crippen molar-refractivity contribution < 1.29 is 13.9 Å². The number of nitrogen functional groups attached to an aromatic ring is 1. The number of rotatable bonds is 6. The Bertz CT molecular complexity index is 876. The summed E-state index contributed by atoms with van der Waals surface area (Å²) in [5.41, 5.74) is 12.5. The summed E-state index contributed by atoms with van der Waals surface area (Å²) in [4.78, 5) is 19.9. The smallest absolute Gasteiger partial charge is 0.305 e. The van der Waals surface area contributed by atoms with Crippen molar-refractivity contribution in [3.63, 3.8) is 0 Å². The minimum absolute atomic E-state index is 0.159. The number of amides is 1. The first kappa shape index (κ1) is 17.3. The van der Waals surface area contributed by atoms with Crippen LogP contribution in [0.25, 0.3) is 0 Å². The predicted molar refractivity (Wildman–Crippen MR) is 96.8 cm³/mol. The maximum atomic E-state index is 11.9. The van der Waals surface area contributed by atoms with Gasteiger partial charge in [-0.1, -0.05) is 26.0 Å². The van der Waals surface area contributed by atoms with Crippen LogP contribution in [0.5, 0.6) is 11.6 Å². The van der Waals surface area contributed by atoms with Crippen molar-refractivity contribution in [1.29, 1.82) is 0 Å². The van der Waals surface area contributed by atoms with Gasteiger partial charge in [0, 0.05) is 0 Å². The van der Waals surface area contributed by atoms with Crippen molar-refractivity contribution in [3.05, 3.63) is 60.3 Å². The van der Waals surface area contributed by atoms with Gasteiger partial charge >= 0.3 is 5.91 Å². The SMILES string of the molecule is CC(C)c1ccc(Oc2ncnc(NNC(=O)c3ccco3)c2N)cc1. The number of anilines is 2. The summed E-state index contributed by atoms with van der Waals surface area (Å²) in [6.07, 6.45) is 2.69. The number of benzene rings is 1. The number of hydrogen-bond donors (Lipinski definition) is 3. The lowest BCUT2D eigenvalue weighted by Gasteiger charge is -2.12. The van der Waals surface area contributed by atoms with Crippen LogP contribution in [-0.2, 0) is 0 Å². The summed E-state index contributed by atoms with van der Waals surface area (Å²) >= 11 is 0. The molecule has 0 unspecified atom stereocenters. The molecule has 1 aromatic carbocycles. The molecule has 3 aromatic rings. The van der Waals surface area contributed by atoms with E-state index in [9.17, 15) is 4.79 Å². The first-order chi connectivity index (χ1) is 12.5. The van der Waals surface area contributed by atoms with Crippen LogP contribution in [0.1, 0.15) is 35.9 Å². The highest BCUT2D eigenvalue weighted by Crippen LogP contribution is 2.29. The van der Waals surface area contributed by atoms with Gasteiger partial charge in [0.2, 0.25) is 5.88 Å². The van der Waals surface area contributed by atoms with Crippen LogP contribution >= 0.6 is 0 Å². The Hall–Kier alpha value is -3.55. The highest BCUT2D eigenvalue weighted by molar-refractivity contribution is 5.92. The predicted octanol–water partition coefficient (Wildman–Crippen LogP) is 3.32. The second kappa shape index (κ2) is 7.56. The highest BCUT2D eigenvalue weighted by atomic mass is 16.5. The highest BCUT2D eigenvalue weighted by Gasteiger charge is 2.13. The number of furan rings is 1. The third-order valence-corrected chi connectivity index (χ3v) is 3.65. The molecule has 0 saturated heterocycles. The van der Waals surface area contributed by atoms with E-state index in [1.165, 1.54) is 24.2 Å². The summed E-state index contributed by atoms with van der Waals surface area (Å²) < 4.78 is 10.7.